The maximum absolute atomic E-state index is 3.93. The van der Waals surface area contributed by atoms with Crippen LogP contribution in [0.2, 0.25) is 0 Å². The molecule has 0 heteroatoms. The van der Waals surface area contributed by atoms with E-state index >= 15 is 0 Å². The average molecular weight is 197 g/mol. The Morgan fingerprint density at radius 3 is 1.79 bits per heavy atom. The van der Waals surface area contributed by atoms with Crippen LogP contribution in [0.1, 0.15) is 72.1 Å². The zero-order valence-corrected chi connectivity index (χ0v) is 10.5. The third-order valence-electron chi connectivity index (χ3n) is 3.33. The van der Waals surface area contributed by atoms with E-state index in [-0.39, 0.29) is 0 Å². The van der Waals surface area contributed by atoms with Crippen LogP contribution in [-0.4, -0.2) is 0 Å². The zero-order valence-electron chi connectivity index (χ0n) is 10.5. The summed E-state index contributed by atoms with van der Waals surface area (Å²) in [5, 5.41) is 0. The van der Waals surface area contributed by atoms with Gasteiger partial charge in [-0.05, 0) is 11.8 Å². The van der Waals surface area contributed by atoms with E-state index < -0.39 is 0 Å². The quantitative estimate of drug-likeness (QED) is 0.444. The third-order valence-corrected chi connectivity index (χ3v) is 3.33. The molecule has 0 saturated heterocycles. The van der Waals surface area contributed by atoms with Gasteiger partial charge in [0.1, 0.15) is 0 Å². The highest BCUT2D eigenvalue weighted by Gasteiger charge is 2.00. The van der Waals surface area contributed by atoms with Crippen molar-refractivity contribution in [3.63, 3.8) is 0 Å². The summed E-state index contributed by atoms with van der Waals surface area (Å²) in [6.45, 7) is 10.9. The Hall–Kier alpha value is 0. The minimum absolute atomic E-state index is 0.838. The van der Waals surface area contributed by atoms with Gasteiger partial charge < -0.3 is 0 Å². The lowest BCUT2D eigenvalue weighted by Gasteiger charge is -2.09. The molecular formula is C14H29. The number of rotatable bonds is 9. The fraction of sp³-hybridized carbons (Fsp3) is 0.929. The Morgan fingerprint density at radius 1 is 0.857 bits per heavy atom. The highest BCUT2D eigenvalue weighted by atomic mass is 14.1. The van der Waals surface area contributed by atoms with E-state index in [0.717, 1.165) is 18.3 Å². The van der Waals surface area contributed by atoms with Gasteiger partial charge >= 0.3 is 0 Å². The van der Waals surface area contributed by atoms with Crippen molar-refractivity contribution in [1.29, 1.82) is 0 Å². The molecule has 14 heavy (non-hydrogen) atoms. The van der Waals surface area contributed by atoms with Crippen LogP contribution in [0.5, 0.6) is 0 Å². The van der Waals surface area contributed by atoms with Crippen LogP contribution in [-0.2, 0) is 0 Å². The molecule has 0 saturated carbocycles. The van der Waals surface area contributed by atoms with E-state index in [1.807, 2.05) is 0 Å². The van der Waals surface area contributed by atoms with Gasteiger partial charge in [0.25, 0.3) is 0 Å². The number of hydrogen-bond donors (Lipinski definition) is 0. The van der Waals surface area contributed by atoms with E-state index in [1.165, 1.54) is 44.9 Å². The summed E-state index contributed by atoms with van der Waals surface area (Å²) in [6, 6.07) is 0. The van der Waals surface area contributed by atoms with Crippen LogP contribution in [0.15, 0.2) is 0 Å². The van der Waals surface area contributed by atoms with Crippen molar-refractivity contribution in [3.05, 3.63) is 6.92 Å². The first-order chi connectivity index (χ1) is 6.70. The van der Waals surface area contributed by atoms with Crippen molar-refractivity contribution in [2.45, 2.75) is 72.1 Å². The Morgan fingerprint density at radius 2 is 1.36 bits per heavy atom. The summed E-state index contributed by atoms with van der Waals surface area (Å²) in [4.78, 5) is 0. The van der Waals surface area contributed by atoms with Gasteiger partial charge in [-0.3, -0.25) is 0 Å². The highest BCUT2D eigenvalue weighted by Crippen LogP contribution is 2.16. The van der Waals surface area contributed by atoms with Gasteiger partial charge in [-0.2, -0.15) is 0 Å². The Bertz CT molecular complexity index is 92.6. The van der Waals surface area contributed by atoms with Crippen molar-refractivity contribution in [2.24, 2.45) is 11.8 Å². The van der Waals surface area contributed by atoms with E-state index in [4.69, 9.17) is 0 Å². The molecule has 1 radical (unpaired) electrons. The van der Waals surface area contributed by atoms with E-state index in [2.05, 4.69) is 27.7 Å². The molecule has 0 rings (SSSR count). The molecule has 2 atom stereocenters. The summed E-state index contributed by atoms with van der Waals surface area (Å²) in [5.74, 6) is 1.78. The second-order valence-corrected chi connectivity index (χ2v) is 4.90. The minimum atomic E-state index is 0.838. The molecule has 0 aliphatic carbocycles. The van der Waals surface area contributed by atoms with Gasteiger partial charge in [-0.25, -0.2) is 0 Å². The molecule has 0 aliphatic heterocycles. The molecule has 0 aromatic carbocycles. The molecule has 0 nitrogen and oxygen atoms in total. The molecule has 0 N–H and O–H groups in total. The highest BCUT2D eigenvalue weighted by molar-refractivity contribution is 4.56. The first-order valence-corrected chi connectivity index (χ1v) is 6.49. The molecule has 0 bridgehead atoms. The van der Waals surface area contributed by atoms with E-state index in [9.17, 15) is 0 Å². The lowest BCUT2D eigenvalue weighted by molar-refractivity contribution is 0.453. The van der Waals surface area contributed by atoms with Gasteiger partial charge in [0.15, 0.2) is 0 Å². The molecular weight excluding hydrogens is 168 g/mol. The summed E-state index contributed by atoms with van der Waals surface area (Å²) < 4.78 is 0. The van der Waals surface area contributed by atoms with Crippen molar-refractivity contribution < 1.29 is 0 Å². The molecule has 0 heterocycles. The Balaban J connectivity index is 3.06. The predicted octanol–water partition coefficient (Wildman–Crippen LogP) is 5.23. The lowest BCUT2D eigenvalue weighted by atomic mass is 9.97. The molecule has 2 unspecified atom stereocenters. The van der Waals surface area contributed by atoms with E-state index in [1.54, 1.807) is 0 Å². The SMILES string of the molecule is [CH2]CC(C)CCCCCCC(C)CC. The van der Waals surface area contributed by atoms with Gasteiger partial charge in [0.05, 0.1) is 0 Å². The number of hydrogen-bond acceptors (Lipinski definition) is 0. The second-order valence-electron chi connectivity index (χ2n) is 4.90. The van der Waals surface area contributed by atoms with Crippen LogP contribution < -0.4 is 0 Å². The van der Waals surface area contributed by atoms with Crippen LogP contribution in [0.3, 0.4) is 0 Å². The van der Waals surface area contributed by atoms with Crippen molar-refractivity contribution in [1.82, 2.24) is 0 Å². The topological polar surface area (TPSA) is 0 Å². The fourth-order valence-electron chi connectivity index (χ4n) is 1.69. The fourth-order valence-corrected chi connectivity index (χ4v) is 1.69. The largest absolute Gasteiger partial charge is 0.0651 e. The number of unbranched alkanes of at least 4 members (excludes halogenated alkanes) is 3. The van der Waals surface area contributed by atoms with Crippen LogP contribution >= 0.6 is 0 Å². The summed E-state index contributed by atoms with van der Waals surface area (Å²) in [7, 11) is 0. The monoisotopic (exact) mass is 197 g/mol. The van der Waals surface area contributed by atoms with Crippen molar-refractivity contribution in [3.8, 4) is 0 Å². The van der Waals surface area contributed by atoms with Gasteiger partial charge in [-0.15, -0.1) is 0 Å². The zero-order chi connectivity index (χ0) is 10.8. The Kier molecular flexibility index (Phi) is 9.55. The van der Waals surface area contributed by atoms with Crippen molar-refractivity contribution in [2.75, 3.05) is 0 Å². The van der Waals surface area contributed by atoms with E-state index in [0.29, 0.717) is 0 Å². The summed E-state index contributed by atoms with van der Waals surface area (Å²) in [5.41, 5.74) is 0. The minimum Gasteiger partial charge on any atom is -0.0651 e. The standard InChI is InChI=1S/C14H29/c1-5-13(3)11-9-7-8-10-12-14(4)6-2/h13-14H,1,5-12H2,2-4H3. The lowest BCUT2D eigenvalue weighted by Crippen LogP contribution is -1.93. The first kappa shape index (κ1) is 14.0. The smallest absolute Gasteiger partial charge is 0.0443 e. The maximum Gasteiger partial charge on any atom is -0.0443 e. The summed E-state index contributed by atoms with van der Waals surface area (Å²) in [6.07, 6.45) is 11.0. The van der Waals surface area contributed by atoms with Crippen LogP contribution in [0.25, 0.3) is 0 Å². The molecule has 0 aromatic rings. The second kappa shape index (κ2) is 9.55. The average Bonchev–Trinajstić information content (AvgIpc) is 2.22. The third kappa shape index (κ3) is 8.59. The van der Waals surface area contributed by atoms with Gasteiger partial charge in [0.2, 0.25) is 0 Å². The normalized spacial score (nSPS) is 15.4. The van der Waals surface area contributed by atoms with Gasteiger partial charge in [0, 0.05) is 0 Å². The first-order valence-electron chi connectivity index (χ1n) is 6.49. The van der Waals surface area contributed by atoms with Crippen LogP contribution in [0, 0.1) is 18.8 Å². The molecule has 0 spiro atoms. The molecule has 0 aromatic heterocycles. The maximum atomic E-state index is 3.93. The predicted molar refractivity (Wildman–Crippen MR) is 66.3 cm³/mol. The summed E-state index contributed by atoms with van der Waals surface area (Å²) >= 11 is 0. The Labute approximate surface area is 91.5 Å². The van der Waals surface area contributed by atoms with Crippen LogP contribution in [0.4, 0.5) is 0 Å². The molecule has 0 amide bonds. The molecule has 0 fully saturated rings. The van der Waals surface area contributed by atoms with Gasteiger partial charge in [-0.1, -0.05) is 79.1 Å². The molecule has 85 valence electrons. The molecule has 0 aliphatic rings. The van der Waals surface area contributed by atoms with Crippen molar-refractivity contribution >= 4 is 0 Å².